The van der Waals surface area contributed by atoms with Crippen LogP contribution in [-0.2, 0) is 11.8 Å². The van der Waals surface area contributed by atoms with Gasteiger partial charge in [-0.25, -0.2) is 4.79 Å². The molecule has 0 spiro atoms. The number of hydrogen-bond donors (Lipinski definition) is 2. The summed E-state index contributed by atoms with van der Waals surface area (Å²) in [7, 11) is 1.93. The van der Waals surface area contributed by atoms with Gasteiger partial charge in [-0.15, -0.1) is 0 Å². The molecule has 0 unspecified atom stereocenters. The number of fused-ring (bicyclic) bond motifs is 1. The number of piperidine rings is 1. The second-order valence-electron chi connectivity index (χ2n) is 8.86. The molecule has 9 heteroatoms. The third-order valence-corrected chi connectivity index (χ3v) is 6.82. The lowest BCUT2D eigenvalue weighted by Gasteiger charge is -2.38. The number of benzene rings is 1. The molecular formula is C22H31N7O2. The summed E-state index contributed by atoms with van der Waals surface area (Å²) in [5, 5.41) is 11.5. The lowest BCUT2D eigenvalue weighted by atomic mass is 9.97. The van der Waals surface area contributed by atoms with E-state index in [-0.39, 0.29) is 5.91 Å². The van der Waals surface area contributed by atoms with E-state index in [2.05, 4.69) is 31.6 Å². The number of para-hydroxylation sites is 1. The van der Waals surface area contributed by atoms with Gasteiger partial charge in [0.25, 0.3) is 0 Å². The summed E-state index contributed by atoms with van der Waals surface area (Å²) >= 11 is 0. The van der Waals surface area contributed by atoms with E-state index in [9.17, 15) is 9.59 Å². The van der Waals surface area contributed by atoms with Gasteiger partial charge in [-0.05, 0) is 44.0 Å². The number of nitrogens with zero attached hydrogens (tertiary/aromatic N) is 5. The number of rotatable bonds is 4. The molecule has 0 bridgehead atoms. The number of aromatic nitrogens is 2. The van der Waals surface area contributed by atoms with Crippen LogP contribution in [0.2, 0.25) is 0 Å². The number of aryl methyl sites for hydroxylation is 1. The van der Waals surface area contributed by atoms with E-state index in [1.165, 1.54) is 19.4 Å². The molecule has 3 amide bonds. The Morgan fingerprint density at radius 3 is 2.58 bits per heavy atom. The average molecular weight is 426 g/mol. The fraction of sp³-hybridized carbons (Fsp3) is 0.591. The van der Waals surface area contributed by atoms with Crippen LogP contribution >= 0.6 is 0 Å². The first-order valence-corrected chi connectivity index (χ1v) is 11.4. The van der Waals surface area contributed by atoms with Gasteiger partial charge in [0.1, 0.15) is 0 Å². The van der Waals surface area contributed by atoms with Crippen LogP contribution in [0.25, 0.3) is 10.9 Å². The molecule has 0 saturated carbocycles. The van der Waals surface area contributed by atoms with E-state index in [1.54, 1.807) is 4.90 Å². The minimum atomic E-state index is -0.395. The third kappa shape index (κ3) is 3.99. The quantitative estimate of drug-likeness (QED) is 0.764. The van der Waals surface area contributed by atoms with Crippen LogP contribution in [0.5, 0.6) is 0 Å². The molecule has 9 nitrogen and oxygen atoms in total. The number of piperazine rings is 1. The van der Waals surface area contributed by atoms with E-state index in [4.69, 9.17) is 0 Å². The topological polar surface area (TPSA) is 85.7 Å². The first-order valence-electron chi connectivity index (χ1n) is 11.4. The Balaban J connectivity index is 1.33. The van der Waals surface area contributed by atoms with Crippen LogP contribution in [0, 0.1) is 5.92 Å². The summed E-state index contributed by atoms with van der Waals surface area (Å²) in [6.07, 6.45) is 2.86. The van der Waals surface area contributed by atoms with Gasteiger partial charge in [0.05, 0.1) is 11.2 Å². The second kappa shape index (κ2) is 8.47. The molecule has 0 atom stereocenters. The van der Waals surface area contributed by atoms with Gasteiger partial charge in [0.15, 0.2) is 5.82 Å². The minimum Gasteiger partial charge on any atom is -0.367 e. The summed E-state index contributed by atoms with van der Waals surface area (Å²) in [5.41, 5.74) is 2.20. The van der Waals surface area contributed by atoms with Gasteiger partial charge < -0.3 is 10.2 Å². The Morgan fingerprint density at radius 1 is 1.06 bits per heavy atom. The largest absolute Gasteiger partial charge is 0.367 e. The Kier molecular flexibility index (Phi) is 5.54. The van der Waals surface area contributed by atoms with Crippen molar-refractivity contribution < 1.29 is 9.59 Å². The fourth-order valence-electron chi connectivity index (χ4n) is 5.12. The van der Waals surface area contributed by atoms with Gasteiger partial charge in [-0.3, -0.25) is 24.6 Å². The average Bonchev–Trinajstić information content (AvgIpc) is 3.12. The zero-order valence-electron chi connectivity index (χ0n) is 18.1. The van der Waals surface area contributed by atoms with Crippen molar-refractivity contribution in [2.75, 3.05) is 62.2 Å². The molecular weight excluding hydrogens is 394 g/mol. The van der Waals surface area contributed by atoms with Crippen molar-refractivity contribution in [1.29, 1.82) is 0 Å². The molecule has 0 radical (unpaired) electrons. The van der Waals surface area contributed by atoms with Gasteiger partial charge in [0, 0.05) is 58.1 Å². The smallest absolute Gasteiger partial charge is 0.329 e. The van der Waals surface area contributed by atoms with Crippen LogP contribution in [0.1, 0.15) is 19.3 Å². The number of amides is 3. The first-order chi connectivity index (χ1) is 15.1. The number of carbonyl (C=O) groups excluding carboxylic acids is 2. The van der Waals surface area contributed by atoms with Crippen molar-refractivity contribution in [2.45, 2.75) is 19.3 Å². The summed E-state index contributed by atoms with van der Waals surface area (Å²) in [6.45, 7) is 7.99. The van der Waals surface area contributed by atoms with Crippen LogP contribution in [0.3, 0.4) is 0 Å². The van der Waals surface area contributed by atoms with Gasteiger partial charge in [0.2, 0.25) is 5.91 Å². The molecule has 4 heterocycles. The predicted molar refractivity (Wildman–Crippen MR) is 120 cm³/mol. The number of hydrogen-bond acceptors (Lipinski definition) is 6. The van der Waals surface area contributed by atoms with Crippen molar-refractivity contribution in [1.82, 2.24) is 25.3 Å². The second-order valence-corrected chi connectivity index (χ2v) is 8.86. The van der Waals surface area contributed by atoms with Gasteiger partial charge in [-0.1, -0.05) is 6.07 Å². The highest BCUT2D eigenvalue weighted by Crippen LogP contribution is 2.34. The van der Waals surface area contributed by atoms with Crippen LogP contribution in [-0.4, -0.2) is 79.0 Å². The summed E-state index contributed by atoms with van der Waals surface area (Å²) in [5.74, 6) is 1.21. The molecule has 0 aliphatic carbocycles. The van der Waals surface area contributed by atoms with Crippen molar-refractivity contribution in [3.63, 3.8) is 0 Å². The Morgan fingerprint density at radius 2 is 1.84 bits per heavy atom. The summed E-state index contributed by atoms with van der Waals surface area (Å²) < 4.78 is 1.87. The number of anilines is 2. The normalized spacial score (nSPS) is 21.7. The maximum atomic E-state index is 12.4. The predicted octanol–water partition coefficient (Wildman–Crippen LogP) is 1.14. The molecule has 3 saturated heterocycles. The first kappa shape index (κ1) is 20.3. The van der Waals surface area contributed by atoms with E-state index in [0.717, 1.165) is 61.8 Å². The van der Waals surface area contributed by atoms with Crippen molar-refractivity contribution >= 4 is 34.3 Å². The zero-order valence-corrected chi connectivity index (χ0v) is 18.1. The highest BCUT2D eigenvalue weighted by molar-refractivity contribution is 6.10. The Labute approximate surface area is 182 Å². The number of imide groups is 1. The molecule has 3 aliphatic rings. The standard InChI is InChI=1S/C22H31N7O2/c1-26-20-17(21(25-26)29-10-7-19(30)24-22(29)31)3-2-4-18(20)28-13-11-27(12-14-28)15-16-5-8-23-9-6-16/h2-4,16,23H,5-15H2,1H3,(H,24,30,31). The zero-order chi connectivity index (χ0) is 21.4. The number of carbonyl (C=O) groups is 2. The maximum absolute atomic E-state index is 12.4. The summed E-state index contributed by atoms with van der Waals surface area (Å²) in [6, 6.07) is 5.80. The van der Waals surface area contributed by atoms with Crippen molar-refractivity contribution in [3.05, 3.63) is 18.2 Å². The third-order valence-electron chi connectivity index (χ3n) is 6.82. The number of nitrogens with one attached hydrogen (secondary N) is 2. The van der Waals surface area contributed by atoms with E-state index in [0.29, 0.717) is 18.8 Å². The minimum absolute atomic E-state index is 0.232. The number of urea groups is 1. The molecule has 2 aromatic rings. The lowest BCUT2D eigenvalue weighted by molar-refractivity contribution is -0.120. The molecule has 2 N–H and O–H groups in total. The fourth-order valence-corrected chi connectivity index (χ4v) is 5.12. The lowest BCUT2D eigenvalue weighted by Crippen LogP contribution is -2.49. The molecule has 3 aliphatic heterocycles. The molecule has 1 aromatic heterocycles. The van der Waals surface area contributed by atoms with Gasteiger partial charge >= 0.3 is 6.03 Å². The monoisotopic (exact) mass is 425 g/mol. The highest BCUT2D eigenvalue weighted by Gasteiger charge is 2.29. The van der Waals surface area contributed by atoms with Gasteiger partial charge in [-0.2, -0.15) is 5.10 Å². The highest BCUT2D eigenvalue weighted by atomic mass is 16.2. The molecule has 1 aromatic carbocycles. The van der Waals surface area contributed by atoms with E-state index in [1.807, 2.05) is 23.9 Å². The van der Waals surface area contributed by atoms with Crippen LogP contribution in [0.15, 0.2) is 18.2 Å². The van der Waals surface area contributed by atoms with E-state index >= 15 is 0 Å². The Hall–Kier alpha value is -2.65. The molecule has 166 valence electrons. The van der Waals surface area contributed by atoms with Crippen molar-refractivity contribution in [2.24, 2.45) is 13.0 Å². The van der Waals surface area contributed by atoms with Crippen LogP contribution in [0.4, 0.5) is 16.3 Å². The van der Waals surface area contributed by atoms with Crippen LogP contribution < -0.4 is 20.4 Å². The molecule has 3 fully saturated rings. The SMILES string of the molecule is Cn1nc(N2CCC(=O)NC2=O)c2cccc(N3CCN(CC4CCNCC4)CC3)c21. The van der Waals surface area contributed by atoms with Crippen molar-refractivity contribution in [3.8, 4) is 0 Å². The maximum Gasteiger partial charge on any atom is 0.329 e. The van der Waals surface area contributed by atoms with E-state index < -0.39 is 6.03 Å². The molecule has 5 rings (SSSR count). The molecule has 31 heavy (non-hydrogen) atoms. The summed E-state index contributed by atoms with van der Waals surface area (Å²) in [4.78, 5) is 30.5. The Bertz CT molecular complexity index is 974.